The molecular weight excluding hydrogens is 214 g/mol. The zero-order valence-electron chi connectivity index (χ0n) is 9.08. The third kappa shape index (κ3) is 2.75. The van der Waals surface area contributed by atoms with Crippen LogP contribution in [0.2, 0.25) is 0 Å². The molecule has 2 aromatic heterocycles. The molecule has 84 valence electrons. The molecule has 0 bridgehead atoms. The molecule has 0 saturated heterocycles. The molecule has 17 heavy (non-hydrogen) atoms. The minimum atomic E-state index is -0.519. The van der Waals surface area contributed by atoms with E-state index in [1.54, 1.807) is 42.7 Å². The van der Waals surface area contributed by atoms with Gasteiger partial charge in [-0.25, -0.2) is 0 Å². The lowest BCUT2D eigenvalue weighted by atomic mass is 10.1. The van der Waals surface area contributed by atoms with Crippen LogP contribution in [0.3, 0.4) is 0 Å². The number of hydrogen-bond acceptors (Lipinski definition) is 3. The van der Waals surface area contributed by atoms with Crippen molar-refractivity contribution in [1.82, 2.24) is 9.97 Å². The standard InChI is InChI=1S/C13H11N3O/c14-13(17)11(12-6-2-4-8-16-12)9-10-5-1-3-7-15-10/h1-9H,(H2,14,17)/b11-9-. The molecule has 2 N–H and O–H groups in total. The zero-order valence-corrected chi connectivity index (χ0v) is 9.08. The number of nitrogens with zero attached hydrogens (tertiary/aromatic N) is 2. The van der Waals surface area contributed by atoms with Gasteiger partial charge in [-0.05, 0) is 30.3 Å². The number of rotatable bonds is 3. The number of nitrogens with two attached hydrogens (primary N) is 1. The molecule has 0 fully saturated rings. The molecule has 2 heterocycles. The summed E-state index contributed by atoms with van der Waals surface area (Å²) in [6, 6.07) is 10.8. The van der Waals surface area contributed by atoms with Crippen molar-refractivity contribution in [3.8, 4) is 0 Å². The van der Waals surface area contributed by atoms with Gasteiger partial charge in [-0.2, -0.15) is 0 Å². The molecule has 0 aliphatic rings. The van der Waals surface area contributed by atoms with E-state index in [9.17, 15) is 4.79 Å². The number of primary amides is 1. The Kier molecular flexibility index (Phi) is 3.25. The number of aromatic nitrogens is 2. The predicted molar refractivity (Wildman–Crippen MR) is 65.5 cm³/mol. The van der Waals surface area contributed by atoms with Crippen LogP contribution in [0.15, 0.2) is 48.8 Å². The van der Waals surface area contributed by atoms with E-state index in [1.807, 2.05) is 12.1 Å². The number of carbonyl (C=O) groups excluding carboxylic acids is 1. The molecule has 4 heteroatoms. The lowest BCUT2D eigenvalue weighted by Crippen LogP contribution is -2.13. The molecule has 0 unspecified atom stereocenters. The summed E-state index contributed by atoms with van der Waals surface area (Å²) in [5.41, 5.74) is 6.91. The smallest absolute Gasteiger partial charge is 0.250 e. The van der Waals surface area contributed by atoms with Crippen LogP contribution in [0.4, 0.5) is 0 Å². The van der Waals surface area contributed by atoms with Gasteiger partial charge in [-0.3, -0.25) is 14.8 Å². The summed E-state index contributed by atoms with van der Waals surface area (Å²) < 4.78 is 0. The molecule has 0 aliphatic heterocycles. The Hall–Kier alpha value is -2.49. The molecule has 2 rings (SSSR count). The molecule has 0 atom stereocenters. The Labute approximate surface area is 98.8 Å². The second kappa shape index (κ2) is 5.03. The highest BCUT2D eigenvalue weighted by molar-refractivity contribution is 6.22. The number of hydrogen-bond donors (Lipinski definition) is 1. The quantitative estimate of drug-likeness (QED) is 0.805. The Morgan fingerprint density at radius 2 is 1.76 bits per heavy atom. The van der Waals surface area contributed by atoms with Crippen molar-refractivity contribution in [1.29, 1.82) is 0 Å². The maximum Gasteiger partial charge on any atom is 0.250 e. The first-order chi connectivity index (χ1) is 8.27. The second-order valence-electron chi connectivity index (χ2n) is 3.39. The largest absolute Gasteiger partial charge is 0.366 e. The highest BCUT2D eigenvalue weighted by atomic mass is 16.1. The highest BCUT2D eigenvalue weighted by Gasteiger charge is 2.09. The minimum Gasteiger partial charge on any atom is -0.366 e. The Morgan fingerprint density at radius 1 is 1.06 bits per heavy atom. The van der Waals surface area contributed by atoms with Crippen molar-refractivity contribution in [3.63, 3.8) is 0 Å². The summed E-state index contributed by atoms with van der Waals surface area (Å²) in [4.78, 5) is 19.6. The van der Waals surface area contributed by atoms with E-state index in [0.717, 1.165) is 0 Å². The van der Waals surface area contributed by atoms with Gasteiger partial charge in [0.2, 0.25) is 0 Å². The molecule has 4 nitrogen and oxygen atoms in total. The van der Waals surface area contributed by atoms with Crippen LogP contribution < -0.4 is 5.73 Å². The van der Waals surface area contributed by atoms with Gasteiger partial charge in [0, 0.05) is 12.4 Å². The molecule has 1 amide bonds. The van der Waals surface area contributed by atoms with Crippen LogP contribution in [0.5, 0.6) is 0 Å². The van der Waals surface area contributed by atoms with Crippen LogP contribution in [0.1, 0.15) is 11.4 Å². The average molecular weight is 225 g/mol. The molecular formula is C13H11N3O. The van der Waals surface area contributed by atoms with E-state index < -0.39 is 5.91 Å². The van der Waals surface area contributed by atoms with Crippen molar-refractivity contribution in [3.05, 3.63) is 60.2 Å². The van der Waals surface area contributed by atoms with Crippen LogP contribution in [-0.4, -0.2) is 15.9 Å². The van der Waals surface area contributed by atoms with Gasteiger partial charge in [0.05, 0.1) is 17.0 Å². The maximum absolute atomic E-state index is 11.4. The SMILES string of the molecule is NC(=O)/C(=C\c1ccccn1)c1ccccn1. The van der Waals surface area contributed by atoms with E-state index in [0.29, 0.717) is 17.0 Å². The lowest BCUT2D eigenvalue weighted by molar-refractivity contribution is -0.112. The van der Waals surface area contributed by atoms with E-state index in [4.69, 9.17) is 5.73 Å². The summed E-state index contributed by atoms with van der Waals surface area (Å²) in [6.07, 6.45) is 4.90. The zero-order chi connectivity index (χ0) is 12.1. The summed E-state index contributed by atoms with van der Waals surface area (Å²) in [7, 11) is 0. The first-order valence-electron chi connectivity index (χ1n) is 5.11. The van der Waals surface area contributed by atoms with Gasteiger partial charge in [0.15, 0.2) is 0 Å². The summed E-state index contributed by atoms with van der Waals surface area (Å²) in [5, 5.41) is 0. The van der Waals surface area contributed by atoms with E-state index in [2.05, 4.69) is 9.97 Å². The van der Waals surface area contributed by atoms with Crippen LogP contribution in [-0.2, 0) is 4.79 Å². The van der Waals surface area contributed by atoms with Crippen molar-refractivity contribution in [2.24, 2.45) is 5.73 Å². The molecule has 2 aromatic rings. The van der Waals surface area contributed by atoms with Gasteiger partial charge in [0.1, 0.15) is 0 Å². The monoisotopic (exact) mass is 225 g/mol. The molecule has 0 aliphatic carbocycles. The molecule has 0 aromatic carbocycles. The number of amides is 1. The van der Waals surface area contributed by atoms with Crippen molar-refractivity contribution in [2.45, 2.75) is 0 Å². The van der Waals surface area contributed by atoms with Crippen molar-refractivity contribution >= 4 is 17.6 Å². The third-order valence-electron chi connectivity index (χ3n) is 2.19. The topological polar surface area (TPSA) is 68.9 Å². The van der Waals surface area contributed by atoms with Gasteiger partial charge < -0.3 is 5.73 Å². The summed E-state index contributed by atoms with van der Waals surface area (Å²) >= 11 is 0. The lowest BCUT2D eigenvalue weighted by Gasteiger charge is -2.02. The van der Waals surface area contributed by atoms with E-state index >= 15 is 0 Å². The molecule has 0 saturated carbocycles. The Morgan fingerprint density at radius 3 is 2.29 bits per heavy atom. The predicted octanol–water partition coefficient (Wildman–Crippen LogP) is 1.50. The molecule has 0 spiro atoms. The van der Waals surface area contributed by atoms with Gasteiger partial charge in [0.25, 0.3) is 5.91 Å². The maximum atomic E-state index is 11.4. The van der Waals surface area contributed by atoms with Gasteiger partial charge in [-0.1, -0.05) is 12.1 Å². The first-order valence-corrected chi connectivity index (χ1v) is 5.11. The van der Waals surface area contributed by atoms with Crippen LogP contribution in [0.25, 0.3) is 11.6 Å². The number of carbonyl (C=O) groups is 1. The Bertz CT molecular complexity index is 535. The average Bonchev–Trinajstić information content (AvgIpc) is 2.38. The van der Waals surface area contributed by atoms with Crippen molar-refractivity contribution in [2.75, 3.05) is 0 Å². The fraction of sp³-hybridized carbons (Fsp3) is 0. The minimum absolute atomic E-state index is 0.351. The molecule has 0 radical (unpaired) electrons. The third-order valence-corrected chi connectivity index (χ3v) is 2.19. The normalized spacial score (nSPS) is 11.2. The number of pyridine rings is 2. The summed E-state index contributed by atoms with van der Waals surface area (Å²) in [5.74, 6) is -0.519. The fourth-order valence-electron chi connectivity index (χ4n) is 1.40. The van der Waals surface area contributed by atoms with Gasteiger partial charge in [-0.15, -0.1) is 0 Å². The second-order valence-corrected chi connectivity index (χ2v) is 3.39. The van der Waals surface area contributed by atoms with E-state index in [-0.39, 0.29) is 0 Å². The summed E-state index contributed by atoms with van der Waals surface area (Å²) in [6.45, 7) is 0. The van der Waals surface area contributed by atoms with Crippen LogP contribution in [0, 0.1) is 0 Å². The van der Waals surface area contributed by atoms with Gasteiger partial charge >= 0.3 is 0 Å². The highest BCUT2D eigenvalue weighted by Crippen LogP contribution is 2.14. The Balaban J connectivity index is 2.44. The van der Waals surface area contributed by atoms with Crippen molar-refractivity contribution < 1.29 is 4.79 Å². The first kappa shape index (κ1) is 11.0. The fourth-order valence-corrected chi connectivity index (χ4v) is 1.40. The van der Waals surface area contributed by atoms with Crippen LogP contribution >= 0.6 is 0 Å². The van der Waals surface area contributed by atoms with E-state index in [1.165, 1.54) is 0 Å².